The lowest BCUT2D eigenvalue weighted by atomic mass is 10.1. The summed E-state index contributed by atoms with van der Waals surface area (Å²) in [5, 5.41) is 7.64. The van der Waals surface area contributed by atoms with Crippen LogP contribution in [0.15, 0.2) is 24.4 Å². The first-order valence-corrected chi connectivity index (χ1v) is 4.98. The van der Waals surface area contributed by atoms with Crippen molar-refractivity contribution < 1.29 is 4.74 Å². The van der Waals surface area contributed by atoms with Crippen LogP contribution in [0.5, 0.6) is 5.75 Å². The van der Waals surface area contributed by atoms with Crippen molar-refractivity contribution >= 4 is 5.82 Å². The van der Waals surface area contributed by atoms with Crippen molar-refractivity contribution in [2.24, 2.45) is 0 Å². The Bertz CT molecular complexity index is 492. The van der Waals surface area contributed by atoms with Crippen molar-refractivity contribution in [2.45, 2.75) is 13.5 Å². The van der Waals surface area contributed by atoms with Gasteiger partial charge in [0, 0.05) is 5.56 Å². The first-order valence-electron chi connectivity index (χ1n) is 4.98. The van der Waals surface area contributed by atoms with E-state index in [0.29, 0.717) is 12.4 Å². The smallest absolute Gasteiger partial charge is 0.165 e. The number of rotatable bonds is 3. The fraction of sp³-hybridized carbons (Fsp3) is 0.273. The molecule has 0 amide bonds. The van der Waals surface area contributed by atoms with E-state index in [1.807, 2.05) is 19.1 Å². The summed E-state index contributed by atoms with van der Waals surface area (Å²) in [5.74, 6) is 1.27. The molecule has 2 rings (SSSR count). The fourth-order valence-electron chi connectivity index (χ4n) is 1.60. The molecule has 0 aliphatic rings. The fourth-order valence-corrected chi connectivity index (χ4v) is 1.60. The van der Waals surface area contributed by atoms with Crippen molar-refractivity contribution in [1.29, 1.82) is 0 Å². The Labute approximate surface area is 93.8 Å². The molecule has 16 heavy (non-hydrogen) atoms. The first-order chi connectivity index (χ1) is 7.69. The number of nitrogens with zero attached hydrogens (tertiary/aromatic N) is 3. The number of nitrogens with two attached hydrogens (primary N) is 1. The molecule has 5 heteroatoms. The van der Waals surface area contributed by atoms with Crippen molar-refractivity contribution in [1.82, 2.24) is 15.0 Å². The number of hydrogen-bond donors (Lipinski definition) is 1. The van der Waals surface area contributed by atoms with Crippen LogP contribution in [0.25, 0.3) is 0 Å². The van der Waals surface area contributed by atoms with E-state index in [-0.39, 0.29) is 0 Å². The number of ether oxygens (including phenoxy) is 1. The zero-order valence-corrected chi connectivity index (χ0v) is 9.34. The van der Waals surface area contributed by atoms with Crippen LogP contribution in [0.4, 0.5) is 5.82 Å². The Balaban J connectivity index is 2.29. The number of hydrogen-bond acceptors (Lipinski definition) is 4. The summed E-state index contributed by atoms with van der Waals surface area (Å²) in [6, 6.07) is 6.03. The Hall–Kier alpha value is -2.04. The number of anilines is 1. The topological polar surface area (TPSA) is 66.0 Å². The zero-order valence-electron chi connectivity index (χ0n) is 9.34. The molecule has 0 unspecified atom stereocenters. The zero-order chi connectivity index (χ0) is 11.5. The van der Waals surface area contributed by atoms with Crippen LogP contribution in [0.2, 0.25) is 0 Å². The van der Waals surface area contributed by atoms with Gasteiger partial charge < -0.3 is 10.5 Å². The maximum absolute atomic E-state index is 5.51. The Morgan fingerprint density at radius 2 is 2.25 bits per heavy atom. The second kappa shape index (κ2) is 4.22. The average molecular weight is 218 g/mol. The second-order valence-corrected chi connectivity index (χ2v) is 3.66. The molecule has 0 saturated carbocycles. The molecular formula is C11H14N4O. The van der Waals surface area contributed by atoms with Gasteiger partial charge in [0.25, 0.3) is 0 Å². The van der Waals surface area contributed by atoms with Gasteiger partial charge in [-0.1, -0.05) is 22.9 Å². The average Bonchev–Trinajstić information content (AvgIpc) is 2.64. The third-order valence-electron chi connectivity index (χ3n) is 2.32. The summed E-state index contributed by atoms with van der Waals surface area (Å²) in [7, 11) is 1.66. The van der Waals surface area contributed by atoms with E-state index in [1.54, 1.807) is 18.0 Å². The molecule has 1 heterocycles. The minimum atomic E-state index is 0.423. The third kappa shape index (κ3) is 2.13. The molecule has 0 fully saturated rings. The summed E-state index contributed by atoms with van der Waals surface area (Å²) < 4.78 is 6.97. The van der Waals surface area contributed by atoms with Gasteiger partial charge in [-0.2, -0.15) is 0 Å². The van der Waals surface area contributed by atoms with Gasteiger partial charge in [0.2, 0.25) is 0 Å². The molecule has 2 aromatic rings. The van der Waals surface area contributed by atoms with Gasteiger partial charge in [0.15, 0.2) is 5.82 Å². The largest absolute Gasteiger partial charge is 0.496 e. The number of nitrogen functional groups attached to an aromatic ring is 1. The van der Waals surface area contributed by atoms with Crippen LogP contribution in [0.1, 0.15) is 11.1 Å². The molecule has 0 saturated heterocycles. The van der Waals surface area contributed by atoms with Crippen LogP contribution in [0, 0.1) is 6.92 Å². The van der Waals surface area contributed by atoms with Gasteiger partial charge in [-0.05, 0) is 13.0 Å². The first kappa shape index (κ1) is 10.5. The third-order valence-corrected chi connectivity index (χ3v) is 2.32. The molecule has 0 bridgehead atoms. The predicted molar refractivity (Wildman–Crippen MR) is 61.3 cm³/mol. The van der Waals surface area contributed by atoms with Gasteiger partial charge >= 0.3 is 0 Å². The van der Waals surface area contributed by atoms with Crippen LogP contribution >= 0.6 is 0 Å². The molecule has 2 N–H and O–H groups in total. The SMILES string of the molecule is COc1ccc(C)cc1Cn1cc(N)nn1. The highest BCUT2D eigenvalue weighted by molar-refractivity contribution is 5.37. The van der Waals surface area contributed by atoms with Crippen LogP contribution in [0.3, 0.4) is 0 Å². The van der Waals surface area contributed by atoms with Crippen LogP contribution in [-0.4, -0.2) is 22.1 Å². The summed E-state index contributed by atoms with van der Waals surface area (Å²) in [4.78, 5) is 0. The van der Waals surface area contributed by atoms with Crippen molar-refractivity contribution in [3.05, 3.63) is 35.5 Å². The molecule has 5 nitrogen and oxygen atoms in total. The highest BCUT2D eigenvalue weighted by atomic mass is 16.5. The van der Waals surface area contributed by atoms with Gasteiger partial charge in [-0.3, -0.25) is 0 Å². The van der Waals surface area contributed by atoms with E-state index in [0.717, 1.165) is 11.3 Å². The maximum Gasteiger partial charge on any atom is 0.165 e. The Morgan fingerprint density at radius 1 is 1.44 bits per heavy atom. The summed E-state index contributed by atoms with van der Waals surface area (Å²) in [6.07, 6.45) is 1.70. The maximum atomic E-state index is 5.51. The Morgan fingerprint density at radius 3 is 2.88 bits per heavy atom. The number of aryl methyl sites for hydroxylation is 1. The number of methoxy groups -OCH3 is 1. The number of benzene rings is 1. The molecule has 0 aliphatic heterocycles. The Kier molecular flexibility index (Phi) is 2.76. The van der Waals surface area contributed by atoms with E-state index in [2.05, 4.69) is 16.4 Å². The molecular weight excluding hydrogens is 204 g/mol. The normalized spacial score (nSPS) is 10.4. The van der Waals surface area contributed by atoms with Crippen LogP contribution in [-0.2, 0) is 6.54 Å². The lowest BCUT2D eigenvalue weighted by molar-refractivity contribution is 0.407. The second-order valence-electron chi connectivity index (χ2n) is 3.66. The summed E-state index contributed by atoms with van der Waals surface area (Å²) in [5.41, 5.74) is 7.75. The monoisotopic (exact) mass is 218 g/mol. The lowest BCUT2D eigenvalue weighted by Gasteiger charge is -2.08. The van der Waals surface area contributed by atoms with E-state index < -0.39 is 0 Å². The van der Waals surface area contributed by atoms with Gasteiger partial charge in [0.1, 0.15) is 5.75 Å². The minimum absolute atomic E-state index is 0.423. The van der Waals surface area contributed by atoms with Gasteiger partial charge in [-0.15, -0.1) is 5.10 Å². The van der Waals surface area contributed by atoms with Gasteiger partial charge in [-0.25, -0.2) is 4.68 Å². The lowest BCUT2D eigenvalue weighted by Crippen LogP contribution is -2.03. The summed E-state index contributed by atoms with van der Waals surface area (Å²) >= 11 is 0. The molecule has 0 aliphatic carbocycles. The number of aromatic nitrogens is 3. The van der Waals surface area contributed by atoms with Gasteiger partial charge in [0.05, 0.1) is 19.9 Å². The minimum Gasteiger partial charge on any atom is -0.496 e. The van der Waals surface area contributed by atoms with Crippen molar-refractivity contribution in [3.63, 3.8) is 0 Å². The molecule has 0 atom stereocenters. The molecule has 0 radical (unpaired) electrons. The summed E-state index contributed by atoms with van der Waals surface area (Å²) in [6.45, 7) is 2.65. The molecule has 1 aromatic carbocycles. The highest BCUT2D eigenvalue weighted by Crippen LogP contribution is 2.20. The van der Waals surface area contributed by atoms with E-state index in [1.165, 1.54) is 5.56 Å². The highest BCUT2D eigenvalue weighted by Gasteiger charge is 2.05. The van der Waals surface area contributed by atoms with Crippen molar-refractivity contribution in [3.8, 4) is 5.75 Å². The van der Waals surface area contributed by atoms with E-state index >= 15 is 0 Å². The standard InChI is InChI=1S/C11H14N4O/c1-8-3-4-10(16-2)9(5-8)6-15-7-11(12)13-14-15/h3-5,7H,6,12H2,1-2H3. The van der Waals surface area contributed by atoms with Crippen LogP contribution < -0.4 is 10.5 Å². The molecule has 84 valence electrons. The predicted octanol–water partition coefficient (Wildman–Crippen LogP) is 1.23. The van der Waals surface area contributed by atoms with E-state index in [4.69, 9.17) is 10.5 Å². The quantitative estimate of drug-likeness (QED) is 0.841. The van der Waals surface area contributed by atoms with Crippen molar-refractivity contribution in [2.75, 3.05) is 12.8 Å². The molecule has 0 spiro atoms. The molecule has 1 aromatic heterocycles. The van der Waals surface area contributed by atoms with E-state index in [9.17, 15) is 0 Å².